The number of rotatable bonds is 6. The third kappa shape index (κ3) is 4.87. The van der Waals surface area contributed by atoms with Crippen LogP contribution in [0.5, 0.6) is 5.75 Å². The molecule has 1 saturated heterocycles. The van der Waals surface area contributed by atoms with Gasteiger partial charge in [-0.1, -0.05) is 44.2 Å². The van der Waals surface area contributed by atoms with E-state index < -0.39 is 13.7 Å². The highest BCUT2D eigenvalue weighted by Crippen LogP contribution is 2.66. The van der Waals surface area contributed by atoms with Crippen LogP contribution in [-0.4, -0.2) is 20.3 Å². The Bertz CT molecular complexity index is 726. The molecule has 2 aromatic rings. The Morgan fingerprint density at radius 3 is 2.15 bits per heavy atom. The normalized spacial score (nSPS) is 20.6. The minimum Gasteiger partial charge on any atom is -0.630 e. The first kappa shape index (κ1) is 20.2. The van der Waals surface area contributed by atoms with Gasteiger partial charge in [-0.25, -0.2) is 9.05 Å². The van der Waals surface area contributed by atoms with Gasteiger partial charge in [0.25, 0.3) is 7.94 Å². The molecule has 1 fully saturated rings. The van der Waals surface area contributed by atoms with Crippen LogP contribution in [0.25, 0.3) is 0 Å². The molecule has 6 heteroatoms. The molecule has 5 nitrogen and oxygen atoms in total. The highest BCUT2D eigenvalue weighted by Gasteiger charge is 2.48. The Morgan fingerprint density at radius 2 is 1.59 bits per heavy atom. The third-order valence-electron chi connectivity index (χ3n) is 4.73. The maximum atomic E-state index is 13.6. The molecule has 1 aliphatic rings. The van der Waals surface area contributed by atoms with Crippen LogP contribution in [0.15, 0.2) is 54.6 Å². The molecule has 0 aromatic heterocycles. The fourth-order valence-corrected chi connectivity index (χ4v) is 5.36. The first-order chi connectivity index (χ1) is 12.8. The molecule has 146 valence electrons. The van der Waals surface area contributed by atoms with E-state index in [4.69, 9.17) is 13.8 Å². The van der Waals surface area contributed by atoms with E-state index in [2.05, 4.69) is 5.32 Å². The van der Waals surface area contributed by atoms with E-state index in [9.17, 15) is 4.89 Å². The molecule has 0 saturated carbocycles. The molecule has 2 unspecified atom stereocenters. The van der Waals surface area contributed by atoms with Crippen molar-refractivity contribution in [1.82, 2.24) is 5.32 Å². The van der Waals surface area contributed by atoms with Crippen LogP contribution in [0.2, 0.25) is 0 Å². The summed E-state index contributed by atoms with van der Waals surface area (Å²) >= 11 is 0. The summed E-state index contributed by atoms with van der Waals surface area (Å²) in [6.45, 7) is 6.93. The Hall–Kier alpha value is -1.49. The minimum absolute atomic E-state index is 0.0220. The van der Waals surface area contributed by atoms with Crippen LogP contribution in [-0.2, 0) is 9.05 Å². The zero-order valence-corrected chi connectivity index (χ0v) is 17.2. The van der Waals surface area contributed by atoms with E-state index in [1.807, 2.05) is 75.4 Å². The lowest BCUT2D eigenvalue weighted by Gasteiger charge is -2.42. The van der Waals surface area contributed by atoms with Crippen molar-refractivity contribution >= 4 is 7.94 Å². The lowest BCUT2D eigenvalue weighted by molar-refractivity contribution is -0.237. The molecule has 0 spiro atoms. The van der Waals surface area contributed by atoms with E-state index in [0.717, 1.165) is 16.9 Å². The van der Waals surface area contributed by atoms with Gasteiger partial charge in [-0.2, -0.15) is 0 Å². The summed E-state index contributed by atoms with van der Waals surface area (Å²) in [7, 11) is -1.75. The van der Waals surface area contributed by atoms with Crippen molar-refractivity contribution in [2.24, 2.45) is 5.41 Å². The summed E-state index contributed by atoms with van der Waals surface area (Å²) in [4.78, 5) is 13.6. The van der Waals surface area contributed by atoms with Gasteiger partial charge < -0.3 is 9.63 Å². The molecule has 3 rings (SSSR count). The molecule has 2 atom stereocenters. The number of benzene rings is 2. The van der Waals surface area contributed by atoms with E-state index in [-0.39, 0.29) is 11.5 Å². The first-order valence-corrected chi connectivity index (χ1v) is 10.8. The summed E-state index contributed by atoms with van der Waals surface area (Å²) in [5.74, 6) is 0.188. The van der Waals surface area contributed by atoms with Crippen molar-refractivity contribution in [2.45, 2.75) is 32.6 Å². The van der Waals surface area contributed by atoms with Gasteiger partial charge in [0.15, 0.2) is 5.78 Å². The topological polar surface area (TPSA) is 62.8 Å². The molecule has 2 aromatic carbocycles. The van der Waals surface area contributed by atoms with Gasteiger partial charge in [0.1, 0.15) is 19.0 Å². The van der Waals surface area contributed by atoms with Gasteiger partial charge in [0, 0.05) is 17.0 Å². The van der Waals surface area contributed by atoms with Gasteiger partial charge in [0.05, 0.1) is 7.11 Å². The van der Waals surface area contributed by atoms with Crippen molar-refractivity contribution in [3.05, 3.63) is 65.7 Å². The van der Waals surface area contributed by atoms with Gasteiger partial charge in [-0.05, 0) is 36.8 Å². The Morgan fingerprint density at radius 1 is 1.00 bits per heavy atom. The molecule has 1 N–H and O–H groups in total. The Kier molecular flexibility index (Phi) is 6.19. The van der Waals surface area contributed by atoms with E-state index in [1.165, 1.54) is 0 Å². The number of ether oxygens (including phenoxy) is 1. The maximum absolute atomic E-state index is 13.6. The van der Waals surface area contributed by atoms with Crippen molar-refractivity contribution in [1.29, 1.82) is 0 Å². The molecule has 1 aliphatic heterocycles. The van der Waals surface area contributed by atoms with Crippen LogP contribution in [0.4, 0.5) is 0 Å². The molecule has 0 aliphatic carbocycles. The summed E-state index contributed by atoms with van der Waals surface area (Å²) in [6.07, 6.45) is 0. The summed E-state index contributed by atoms with van der Waals surface area (Å²) in [6, 6.07) is 17.6. The third-order valence-corrected chi connectivity index (χ3v) is 6.78. The Labute approximate surface area is 162 Å². The van der Waals surface area contributed by atoms with E-state index >= 15 is 0 Å². The molecular formula is C21H28NO4P. The number of hydrogen-bond acceptors (Lipinski definition) is 5. The molecule has 0 amide bonds. The van der Waals surface area contributed by atoms with Gasteiger partial charge in [0.2, 0.25) is 0 Å². The lowest BCUT2D eigenvalue weighted by atomic mass is 9.97. The minimum atomic E-state index is -3.38. The SMILES string of the molecule is COc1ccc(C(NC(C)c2ccccc2)[P+]2([O-])OCC(C)(C)CO2)cc1. The summed E-state index contributed by atoms with van der Waals surface area (Å²) < 4.78 is 16.9. The fraction of sp³-hybridized carbons (Fsp3) is 0.429. The van der Waals surface area contributed by atoms with Crippen molar-refractivity contribution in [3.63, 3.8) is 0 Å². The van der Waals surface area contributed by atoms with Crippen molar-refractivity contribution < 1.29 is 18.7 Å². The molecular weight excluding hydrogens is 361 g/mol. The monoisotopic (exact) mass is 389 g/mol. The van der Waals surface area contributed by atoms with E-state index in [1.54, 1.807) is 7.11 Å². The average molecular weight is 389 g/mol. The second kappa shape index (κ2) is 8.26. The smallest absolute Gasteiger partial charge is 0.259 e. The lowest BCUT2D eigenvalue weighted by Crippen LogP contribution is -2.41. The average Bonchev–Trinajstić information content (AvgIpc) is 2.69. The van der Waals surface area contributed by atoms with Crippen LogP contribution in [0.3, 0.4) is 0 Å². The van der Waals surface area contributed by atoms with Gasteiger partial charge in [-0.15, -0.1) is 0 Å². The van der Waals surface area contributed by atoms with Crippen LogP contribution in [0.1, 0.15) is 43.7 Å². The second-order valence-electron chi connectivity index (χ2n) is 7.73. The Balaban J connectivity index is 1.88. The highest BCUT2D eigenvalue weighted by molar-refractivity contribution is 7.59. The largest absolute Gasteiger partial charge is 0.630 e. The fourth-order valence-electron chi connectivity index (χ4n) is 2.99. The molecule has 0 bridgehead atoms. The maximum Gasteiger partial charge on any atom is 0.259 e. The van der Waals surface area contributed by atoms with E-state index in [0.29, 0.717) is 13.2 Å². The quantitative estimate of drug-likeness (QED) is 0.749. The van der Waals surface area contributed by atoms with Crippen LogP contribution in [0, 0.1) is 5.41 Å². The number of hydrogen-bond donors (Lipinski definition) is 1. The summed E-state index contributed by atoms with van der Waals surface area (Å²) in [5.41, 5.74) is 1.81. The zero-order valence-electron chi connectivity index (χ0n) is 16.3. The first-order valence-electron chi connectivity index (χ1n) is 9.17. The molecule has 27 heavy (non-hydrogen) atoms. The second-order valence-corrected chi connectivity index (χ2v) is 9.84. The number of methoxy groups -OCH3 is 1. The van der Waals surface area contributed by atoms with Crippen molar-refractivity contribution in [3.8, 4) is 5.75 Å². The summed E-state index contributed by atoms with van der Waals surface area (Å²) in [5, 5.41) is 3.47. The number of nitrogens with one attached hydrogen (secondary N) is 1. The standard InChI is InChI=1S/C21H28NO4P/c1-16(17-8-6-5-7-9-17)22-20(18-10-12-19(24-4)13-11-18)27(23)25-14-21(2,3)15-26-27/h5-13,16,20,22H,14-15H2,1-4H3. The van der Waals surface area contributed by atoms with Gasteiger partial charge in [-0.3, -0.25) is 5.32 Å². The van der Waals surface area contributed by atoms with Crippen molar-refractivity contribution in [2.75, 3.05) is 20.3 Å². The molecule has 1 heterocycles. The predicted molar refractivity (Wildman–Crippen MR) is 106 cm³/mol. The predicted octanol–water partition coefficient (Wildman–Crippen LogP) is 4.24. The van der Waals surface area contributed by atoms with Crippen LogP contribution < -0.4 is 14.9 Å². The zero-order chi connectivity index (χ0) is 19.5. The van der Waals surface area contributed by atoms with Crippen LogP contribution >= 0.6 is 7.94 Å². The van der Waals surface area contributed by atoms with Gasteiger partial charge >= 0.3 is 0 Å². The highest BCUT2D eigenvalue weighted by atomic mass is 31.2. The molecule has 0 radical (unpaired) electrons.